The predicted molar refractivity (Wildman–Crippen MR) is 73.2 cm³/mol. The first-order chi connectivity index (χ1) is 7.36. The Morgan fingerprint density at radius 2 is 1.71 bits per heavy atom. The van der Waals surface area contributed by atoms with Gasteiger partial charge in [-0.3, -0.25) is 0 Å². The van der Waals surface area contributed by atoms with E-state index in [1.165, 1.54) is 6.26 Å². The van der Waals surface area contributed by atoms with Crippen molar-refractivity contribution in [3.8, 4) is 0 Å². The molecule has 0 saturated carbocycles. The Morgan fingerprint density at radius 3 is 2.06 bits per heavy atom. The van der Waals surface area contributed by atoms with Crippen molar-refractivity contribution in [2.45, 2.75) is 31.2 Å². The molecule has 0 radical (unpaired) electrons. The van der Waals surface area contributed by atoms with Crippen molar-refractivity contribution in [3.63, 3.8) is 0 Å². The minimum absolute atomic E-state index is 0. The van der Waals surface area contributed by atoms with Crippen LogP contribution < -0.4 is 5.73 Å². The van der Waals surface area contributed by atoms with Crippen molar-refractivity contribution < 1.29 is 8.42 Å². The van der Waals surface area contributed by atoms with E-state index in [4.69, 9.17) is 5.73 Å². The van der Waals surface area contributed by atoms with Crippen molar-refractivity contribution in [2.24, 2.45) is 11.7 Å². The third kappa shape index (κ3) is 4.30. The predicted octanol–water partition coefficient (Wildman–Crippen LogP) is 2.56. The number of sulfone groups is 1. The highest BCUT2D eigenvalue weighted by molar-refractivity contribution is 7.90. The Labute approximate surface area is 110 Å². The number of benzene rings is 1. The van der Waals surface area contributed by atoms with Crippen LogP contribution in [0.25, 0.3) is 0 Å². The molecule has 0 heterocycles. The van der Waals surface area contributed by atoms with E-state index in [2.05, 4.69) is 13.8 Å². The summed E-state index contributed by atoms with van der Waals surface area (Å²) in [6.45, 7) is 4.19. The maximum Gasteiger partial charge on any atom is 0.175 e. The van der Waals surface area contributed by atoms with Gasteiger partial charge in [-0.15, -0.1) is 12.4 Å². The number of nitrogens with two attached hydrogens (primary N) is 1. The minimum atomic E-state index is -3.11. The van der Waals surface area contributed by atoms with Gasteiger partial charge in [-0.25, -0.2) is 8.42 Å². The van der Waals surface area contributed by atoms with Crippen LogP contribution in [0, 0.1) is 5.92 Å². The van der Waals surface area contributed by atoms with Crippen LogP contribution >= 0.6 is 12.4 Å². The molecule has 1 rings (SSSR count). The number of hydrogen-bond acceptors (Lipinski definition) is 3. The van der Waals surface area contributed by atoms with Crippen LogP contribution in [-0.2, 0) is 9.84 Å². The van der Waals surface area contributed by atoms with E-state index < -0.39 is 9.84 Å². The zero-order valence-electron chi connectivity index (χ0n) is 10.4. The molecule has 0 bridgehead atoms. The molecule has 0 fully saturated rings. The van der Waals surface area contributed by atoms with Gasteiger partial charge in [-0.2, -0.15) is 0 Å². The lowest BCUT2D eigenvalue weighted by Gasteiger charge is -2.18. The zero-order valence-corrected chi connectivity index (χ0v) is 12.0. The van der Waals surface area contributed by atoms with Gasteiger partial charge in [0, 0.05) is 12.3 Å². The first-order valence-electron chi connectivity index (χ1n) is 5.42. The summed E-state index contributed by atoms with van der Waals surface area (Å²) < 4.78 is 22.5. The maximum absolute atomic E-state index is 11.3. The van der Waals surface area contributed by atoms with Crippen LogP contribution in [0.5, 0.6) is 0 Å². The number of rotatable bonds is 4. The summed E-state index contributed by atoms with van der Waals surface area (Å²) in [4.78, 5) is 0.340. The molecule has 1 aromatic carbocycles. The van der Waals surface area contributed by atoms with E-state index in [1.54, 1.807) is 24.3 Å². The van der Waals surface area contributed by atoms with E-state index >= 15 is 0 Å². The molecule has 98 valence electrons. The van der Waals surface area contributed by atoms with Crippen molar-refractivity contribution in [3.05, 3.63) is 29.8 Å². The molecule has 5 heteroatoms. The lowest BCUT2D eigenvalue weighted by molar-refractivity contribution is 0.456. The molecular formula is C12H20ClNO2S. The van der Waals surface area contributed by atoms with E-state index in [0.29, 0.717) is 10.8 Å². The van der Waals surface area contributed by atoms with Crippen LogP contribution in [0.2, 0.25) is 0 Å². The normalized spacial score (nSPS) is 14.8. The molecule has 2 atom stereocenters. The van der Waals surface area contributed by atoms with E-state index in [1.807, 2.05) is 0 Å². The molecule has 2 N–H and O–H groups in total. The van der Waals surface area contributed by atoms with Gasteiger partial charge in [0.15, 0.2) is 9.84 Å². The van der Waals surface area contributed by atoms with Gasteiger partial charge in [0.1, 0.15) is 0 Å². The van der Waals surface area contributed by atoms with Gasteiger partial charge in [0.2, 0.25) is 0 Å². The second kappa shape index (κ2) is 6.38. The highest BCUT2D eigenvalue weighted by Crippen LogP contribution is 2.22. The SMILES string of the molecule is CCC(C)[C@H](N)c1ccc(S(C)(=O)=O)cc1.Cl. The molecular weight excluding hydrogens is 258 g/mol. The average Bonchev–Trinajstić information content (AvgIpc) is 2.26. The zero-order chi connectivity index (χ0) is 12.3. The van der Waals surface area contributed by atoms with Crippen LogP contribution in [0.3, 0.4) is 0 Å². The Kier molecular flexibility index (Phi) is 6.16. The van der Waals surface area contributed by atoms with Crippen molar-refractivity contribution in [1.82, 2.24) is 0 Å². The van der Waals surface area contributed by atoms with E-state index in [9.17, 15) is 8.42 Å². The van der Waals surface area contributed by atoms with Crippen molar-refractivity contribution in [1.29, 1.82) is 0 Å². The topological polar surface area (TPSA) is 60.2 Å². The Balaban J connectivity index is 0.00000256. The molecule has 3 nitrogen and oxygen atoms in total. The summed E-state index contributed by atoms with van der Waals surface area (Å²) in [5.41, 5.74) is 7.05. The minimum Gasteiger partial charge on any atom is -0.324 e. The first kappa shape index (κ1) is 16.4. The quantitative estimate of drug-likeness (QED) is 0.920. The summed E-state index contributed by atoms with van der Waals surface area (Å²) in [7, 11) is -3.11. The monoisotopic (exact) mass is 277 g/mol. The lowest BCUT2D eigenvalue weighted by Crippen LogP contribution is -2.18. The van der Waals surface area contributed by atoms with Gasteiger partial charge >= 0.3 is 0 Å². The molecule has 0 aliphatic carbocycles. The fourth-order valence-electron chi connectivity index (χ4n) is 1.52. The molecule has 0 spiro atoms. The standard InChI is InChI=1S/C12H19NO2S.ClH/c1-4-9(2)12(13)10-5-7-11(8-6-10)16(3,14)15;/h5-9,12H,4,13H2,1-3H3;1H/t9?,12-;/m0./s1. The van der Waals surface area contributed by atoms with Crippen molar-refractivity contribution in [2.75, 3.05) is 6.26 Å². The molecule has 1 unspecified atom stereocenters. The summed E-state index contributed by atoms with van der Waals surface area (Å²) >= 11 is 0. The first-order valence-corrected chi connectivity index (χ1v) is 7.31. The van der Waals surface area contributed by atoms with Gasteiger partial charge in [0.25, 0.3) is 0 Å². The summed E-state index contributed by atoms with van der Waals surface area (Å²) in [6.07, 6.45) is 2.21. The third-order valence-electron chi connectivity index (χ3n) is 2.95. The van der Waals surface area contributed by atoms with Gasteiger partial charge < -0.3 is 5.73 Å². The van der Waals surface area contributed by atoms with Crippen LogP contribution in [-0.4, -0.2) is 14.7 Å². The van der Waals surface area contributed by atoms with E-state index in [-0.39, 0.29) is 18.4 Å². The molecule has 17 heavy (non-hydrogen) atoms. The molecule has 0 aliphatic heterocycles. The maximum atomic E-state index is 11.3. The summed E-state index contributed by atoms with van der Waals surface area (Å²) in [5.74, 6) is 0.393. The number of halogens is 1. The number of hydrogen-bond donors (Lipinski definition) is 1. The van der Waals surface area contributed by atoms with Crippen LogP contribution in [0.15, 0.2) is 29.2 Å². The Morgan fingerprint density at radius 1 is 1.24 bits per heavy atom. The smallest absolute Gasteiger partial charge is 0.175 e. The fourth-order valence-corrected chi connectivity index (χ4v) is 2.15. The lowest BCUT2D eigenvalue weighted by atomic mass is 9.93. The molecule has 0 amide bonds. The molecule has 1 aromatic rings. The molecule has 0 saturated heterocycles. The second-order valence-electron chi connectivity index (χ2n) is 4.25. The summed E-state index contributed by atoms with van der Waals surface area (Å²) in [5, 5.41) is 0. The fraction of sp³-hybridized carbons (Fsp3) is 0.500. The highest BCUT2D eigenvalue weighted by atomic mass is 35.5. The third-order valence-corrected chi connectivity index (χ3v) is 4.08. The van der Waals surface area contributed by atoms with E-state index in [0.717, 1.165) is 12.0 Å². The van der Waals surface area contributed by atoms with Gasteiger partial charge in [0.05, 0.1) is 4.90 Å². The largest absolute Gasteiger partial charge is 0.324 e. The summed E-state index contributed by atoms with van der Waals surface area (Å²) in [6, 6.07) is 6.80. The van der Waals surface area contributed by atoms with Gasteiger partial charge in [-0.1, -0.05) is 32.4 Å². The average molecular weight is 278 g/mol. The highest BCUT2D eigenvalue weighted by Gasteiger charge is 2.14. The Hall–Kier alpha value is -0.580. The molecule has 0 aromatic heterocycles. The van der Waals surface area contributed by atoms with Crippen LogP contribution in [0.4, 0.5) is 0 Å². The Bertz CT molecular complexity index is 442. The van der Waals surface area contributed by atoms with Gasteiger partial charge in [-0.05, 0) is 23.6 Å². The molecule has 0 aliphatic rings. The van der Waals surface area contributed by atoms with Crippen LogP contribution in [0.1, 0.15) is 31.9 Å². The second-order valence-corrected chi connectivity index (χ2v) is 6.27. The van der Waals surface area contributed by atoms with Crippen molar-refractivity contribution >= 4 is 22.2 Å².